The molecule has 1 aromatic rings. The van der Waals surface area contributed by atoms with Gasteiger partial charge in [-0.15, -0.1) is 0 Å². The highest BCUT2D eigenvalue weighted by atomic mass is 32.1. The topological polar surface area (TPSA) is 42.4 Å². The molecule has 5 heteroatoms. The van der Waals surface area contributed by atoms with Crippen LogP contribution in [0.3, 0.4) is 0 Å². The normalized spacial score (nSPS) is 19.7. The van der Waals surface area contributed by atoms with Crippen molar-refractivity contribution in [2.75, 3.05) is 13.1 Å². The molecule has 17 heavy (non-hydrogen) atoms. The first kappa shape index (κ1) is 11.0. The summed E-state index contributed by atoms with van der Waals surface area (Å²) < 4.78 is 5.80. The standard InChI is InChI=1S/C12H16N2O2S/c1-8(15)14-6-9(7-14)16-12-13-10-4-2-3-5-11(10)17-12/h9H,2-7H2,1H3. The van der Waals surface area contributed by atoms with Gasteiger partial charge < -0.3 is 9.64 Å². The van der Waals surface area contributed by atoms with Crippen LogP contribution in [0.4, 0.5) is 0 Å². The van der Waals surface area contributed by atoms with Gasteiger partial charge in [0.2, 0.25) is 5.91 Å². The lowest BCUT2D eigenvalue weighted by molar-refractivity contribution is -0.137. The molecule has 2 heterocycles. The van der Waals surface area contributed by atoms with Crippen molar-refractivity contribution >= 4 is 17.2 Å². The summed E-state index contributed by atoms with van der Waals surface area (Å²) in [5.74, 6) is 0.128. The summed E-state index contributed by atoms with van der Waals surface area (Å²) >= 11 is 1.69. The van der Waals surface area contributed by atoms with Crippen LogP contribution >= 0.6 is 11.3 Å². The first-order chi connectivity index (χ1) is 8.22. The van der Waals surface area contributed by atoms with Gasteiger partial charge in [-0.05, 0) is 25.7 Å². The minimum atomic E-state index is 0.128. The molecule has 0 spiro atoms. The van der Waals surface area contributed by atoms with Crippen LogP contribution < -0.4 is 4.74 Å². The Morgan fingerprint density at radius 3 is 2.88 bits per heavy atom. The zero-order valence-corrected chi connectivity index (χ0v) is 10.8. The van der Waals surface area contributed by atoms with Crippen LogP contribution in [-0.4, -0.2) is 35.0 Å². The molecule has 0 saturated carbocycles. The molecule has 1 saturated heterocycles. The smallest absolute Gasteiger partial charge is 0.274 e. The van der Waals surface area contributed by atoms with Gasteiger partial charge in [-0.2, -0.15) is 0 Å². The van der Waals surface area contributed by atoms with Crippen LogP contribution in [0.5, 0.6) is 5.19 Å². The average molecular weight is 252 g/mol. The van der Waals surface area contributed by atoms with Crippen LogP contribution in [0.15, 0.2) is 0 Å². The number of ether oxygens (including phenoxy) is 1. The van der Waals surface area contributed by atoms with Crippen LogP contribution in [0, 0.1) is 0 Å². The summed E-state index contributed by atoms with van der Waals surface area (Å²) in [6, 6.07) is 0. The Kier molecular flexibility index (Phi) is 2.78. The fraction of sp³-hybridized carbons (Fsp3) is 0.667. The second-order valence-corrected chi connectivity index (χ2v) is 5.77. The fourth-order valence-corrected chi connectivity index (χ4v) is 3.35. The first-order valence-corrected chi connectivity index (χ1v) is 6.95. The molecule has 0 aromatic carbocycles. The van der Waals surface area contributed by atoms with Gasteiger partial charge in [0.05, 0.1) is 18.8 Å². The van der Waals surface area contributed by atoms with Crippen LogP contribution in [-0.2, 0) is 17.6 Å². The molecule has 4 nitrogen and oxygen atoms in total. The number of nitrogens with zero attached hydrogens (tertiary/aromatic N) is 2. The molecule has 2 aliphatic rings. The van der Waals surface area contributed by atoms with E-state index < -0.39 is 0 Å². The van der Waals surface area contributed by atoms with Gasteiger partial charge >= 0.3 is 0 Å². The molecule has 1 amide bonds. The lowest BCUT2D eigenvalue weighted by Crippen LogP contribution is -2.55. The summed E-state index contributed by atoms with van der Waals surface area (Å²) in [6.07, 6.45) is 4.92. The number of hydrogen-bond acceptors (Lipinski definition) is 4. The second-order valence-electron chi connectivity index (χ2n) is 4.72. The molecular weight excluding hydrogens is 236 g/mol. The van der Waals surface area contributed by atoms with Crippen molar-refractivity contribution in [1.82, 2.24) is 9.88 Å². The van der Waals surface area contributed by atoms with Crippen molar-refractivity contribution in [3.8, 4) is 5.19 Å². The minimum Gasteiger partial charge on any atom is -0.463 e. The third kappa shape index (κ3) is 2.16. The van der Waals surface area contributed by atoms with Gasteiger partial charge in [0, 0.05) is 11.8 Å². The molecule has 0 unspecified atom stereocenters. The van der Waals surface area contributed by atoms with Crippen LogP contribution in [0.2, 0.25) is 0 Å². The van der Waals surface area contributed by atoms with Crippen molar-refractivity contribution < 1.29 is 9.53 Å². The number of rotatable bonds is 2. The van der Waals surface area contributed by atoms with E-state index in [4.69, 9.17) is 4.74 Å². The van der Waals surface area contributed by atoms with E-state index in [-0.39, 0.29) is 12.0 Å². The maximum Gasteiger partial charge on any atom is 0.274 e. The predicted octanol–water partition coefficient (Wildman–Crippen LogP) is 1.63. The molecule has 0 bridgehead atoms. The molecule has 1 aliphatic carbocycles. The van der Waals surface area contributed by atoms with Gasteiger partial charge in [-0.1, -0.05) is 11.3 Å². The Balaban J connectivity index is 1.59. The third-order valence-electron chi connectivity index (χ3n) is 3.39. The molecule has 92 valence electrons. The predicted molar refractivity (Wildman–Crippen MR) is 65.4 cm³/mol. The summed E-state index contributed by atoms with van der Waals surface area (Å²) in [7, 11) is 0. The number of likely N-dealkylation sites (tertiary alicyclic amines) is 1. The molecule has 3 rings (SSSR count). The molecule has 1 aromatic heterocycles. The van der Waals surface area contributed by atoms with E-state index in [1.165, 1.54) is 23.4 Å². The van der Waals surface area contributed by atoms with E-state index in [9.17, 15) is 4.79 Å². The Hall–Kier alpha value is -1.10. The van der Waals surface area contributed by atoms with Crippen LogP contribution in [0.25, 0.3) is 0 Å². The van der Waals surface area contributed by atoms with Crippen LogP contribution in [0.1, 0.15) is 30.3 Å². The van der Waals surface area contributed by atoms with Crippen molar-refractivity contribution in [3.63, 3.8) is 0 Å². The highest BCUT2D eigenvalue weighted by molar-refractivity contribution is 7.13. The highest BCUT2D eigenvalue weighted by Gasteiger charge is 2.31. The quantitative estimate of drug-likeness (QED) is 0.803. The average Bonchev–Trinajstić information content (AvgIpc) is 2.64. The summed E-state index contributed by atoms with van der Waals surface area (Å²) in [5.41, 5.74) is 1.24. The van der Waals surface area contributed by atoms with Gasteiger partial charge in [0.25, 0.3) is 5.19 Å². The second kappa shape index (κ2) is 4.29. The highest BCUT2D eigenvalue weighted by Crippen LogP contribution is 2.32. The molecular formula is C12H16N2O2S. The number of carbonyl (C=O) groups excluding carboxylic acids is 1. The Morgan fingerprint density at radius 1 is 1.41 bits per heavy atom. The van der Waals surface area contributed by atoms with E-state index in [1.807, 2.05) is 0 Å². The number of hydrogen-bond donors (Lipinski definition) is 0. The monoisotopic (exact) mass is 252 g/mol. The van der Waals surface area contributed by atoms with E-state index in [1.54, 1.807) is 23.2 Å². The molecule has 1 fully saturated rings. The maximum absolute atomic E-state index is 11.0. The fourth-order valence-electron chi connectivity index (χ4n) is 2.29. The number of carbonyl (C=O) groups is 1. The van der Waals surface area contributed by atoms with Crippen molar-refractivity contribution in [2.45, 2.75) is 38.7 Å². The van der Waals surface area contributed by atoms with Gasteiger partial charge in [0.15, 0.2) is 0 Å². The lowest BCUT2D eigenvalue weighted by atomic mass is 10.0. The zero-order chi connectivity index (χ0) is 11.8. The van der Waals surface area contributed by atoms with Gasteiger partial charge in [-0.25, -0.2) is 4.98 Å². The molecule has 0 N–H and O–H groups in total. The Labute approximate surface area is 105 Å². The largest absolute Gasteiger partial charge is 0.463 e. The summed E-state index contributed by atoms with van der Waals surface area (Å²) in [5, 5.41) is 0.796. The lowest BCUT2D eigenvalue weighted by Gasteiger charge is -2.37. The SMILES string of the molecule is CC(=O)N1CC(Oc2nc3c(s2)CCCC3)C1. The van der Waals surface area contributed by atoms with E-state index in [2.05, 4.69) is 4.98 Å². The number of thiazole rings is 1. The summed E-state index contributed by atoms with van der Waals surface area (Å²) in [6.45, 7) is 3.01. The molecule has 0 radical (unpaired) electrons. The molecule has 0 atom stereocenters. The van der Waals surface area contributed by atoms with E-state index in [0.717, 1.165) is 18.0 Å². The maximum atomic E-state index is 11.0. The summed E-state index contributed by atoms with van der Waals surface area (Å²) in [4.78, 5) is 18.8. The van der Waals surface area contributed by atoms with Gasteiger partial charge in [-0.3, -0.25) is 4.79 Å². The zero-order valence-electron chi connectivity index (χ0n) is 9.94. The Bertz CT molecular complexity index is 414. The van der Waals surface area contributed by atoms with Crippen molar-refractivity contribution in [1.29, 1.82) is 0 Å². The number of aromatic nitrogens is 1. The van der Waals surface area contributed by atoms with Crippen molar-refractivity contribution in [2.24, 2.45) is 0 Å². The Morgan fingerprint density at radius 2 is 2.18 bits per heavy atom. The third-order valence-corrected chi connectivity index (χ3v) is 4.44. The van der Waals surface area contributed by atoms with Gasteiger partial charge in [0.1, 0.15) is 6.10 Å². The number of amides is 1. The number of fused-ring (bicyclic) bond motifs is 1. The molecule has 1 aliphatic heterocycles. The van der Waals surface area contributed by atoms with E-state index in [0.29, 0.717) is 13.1 Å². The van der Waals surface area contributed by atoms with Crippen molar-refractivity contribution in [3.05, 3.63) is 10.6 Å². The minimum absolute atomic E-state index is 0.128. The number of aryl methyl sites for hydroxylation is 2. The van der Waals surface area contributed by atoms with E-state index >= 15 is 0 Å². The first-order valence-electron chi connectivity index (χ1n) is 6.13.